The van der Waals surface area contributed by atoms with E-state index in [9.17, 15) is 0 Å². The molecule has 62 valence electrons. The molecule has 11 heavy (non-hydrogen) atoms. The van der Waals surface area contributed by atoms with Gasteiger partial charge in [-0.3, -0.25) is 4.68 Å². The predicted molar refractivity (Wildman–Crippen MR) is 49.9 cm³/mol. The Morgan fingerprint density at radius 1 is 1.55 bits per heavy atom. The normalized spacial score (nSPS) is 12.1. The highest BCUT2D eigenvalue weighted by molar-refractivity contribution is 9.10. The van der Waals surface area contributed by atoms with Crippen molar-refractivity contribution in [2.75, 3.05) is 0 Å². The topological polar surface area (TPSA) is 17.8 Å². The highest BCUT2D eigenvalue weighted by Gasteiger charge is 2.15. The third-order valence-electron chi connectivity index (χ3n) is 1.32. The first-order valence-corrected chi connectivity index (χ1v) is 4.49. The Morgan fingerprint density at radius 3 is 2.27 bits per heavy atom. The summed E-state index contributed by atoms with van der Waals surface area (Å²) in [4.78, 5) is 0. The van der Waals surface area contributed by atoms with E-state index in [4.69, 9.17) is 11.6 Å². The van der Waals surface area contributed by atoms with Crippen molar-refractivity contribution in [1.82, 2.24) is 9.78 Å². The number of hydrogen-bond donors (Lipinski definition) is 0. The van der Waals surface area contributed by atoms with E-state index in [1.807, 2.05) is 10.9 Å². The first-order chi connectivity index (χ1) is 4.91. The summed E-state index contributed by atoms with van der Waals surface area (Å²) in [6.07, 6.45) is 1.81. The Bertz CT molecular complexity index is 242. The molecule has 0 N–H and O–H groups in total. The molecule has 0 aliphatic carbocycles. The Hall–Kier alpha value is -0.0200. The number of nitrogens with zero attached hydrogens (tertiary/aromatic N) is 2. The second-order valence-corrected chi connectivity index (χ2v) is 4.54. The maximum Gasteiger partial charge on any atom is 0.146 e. The first-order valence-electron chi connectivity index (χ1n) is 3.32. The Kier molecular flexibility index (Phi) is 2.30. The smallest absolute Gasteiger partial charge is 0.146 e. The quantitative estimate of drug-likeness (QED) is 0.678. The molecule has 4 heteroatoms. The molecular formula is C7H10BrClN2. The lowest BCUT2D eigenvalue weighted by Crippen LogP contribution is -2.21. The highest BCUT2D eigenvalue weighted by atomic mass is 79.9. The minimum absolute atomic E-state index is 0.00431. The Labute approximate surface area is 79.7 Å². The van der Waals surface area contributed by atoms with E-state index in [0.29, 0.717) is 9.63 Å². The zero-order valence-corrected chi connectivity index (χ0v) is 9.07. The molecule has 0 unspecified atom stereocenters. The number of hydrogen-bond acceptors (Lipinski definition) is 1. The summed E-state index contributed by atoms with van der Waals surface area (Å²) in [5, 5.41) is 4.84. The van der Waals surface area contributed by atoms with Gasteiger partial charge in [0.1, 0.15) is 4.60 Å². The largest absolute Gasteiger partial charge is 0.265 e. The summed E-state index contributed by atoms with van der Waals surface area (Å²) in [6.45, 7) is 6.22. The molecule has 1 heterocycles. The summed E-state index contributed by atoms with van der Waals surface area (Å²) < 4.78 is 2.54. The van der Waals surface area contributed by atoms with Crippen LogP contribution in [0.2, 0.25) is 5.02 Å². The highest BCUT2D eigenvalue weighted by Crippen LogP contribution is 2.23. The molecule has 0 saturated heterocycles. The fourth-order valence-corrected chi connectivity index (χ4v) is 1.08. The van der Waals surface area contributed by atoms with Crippen molar-refractivity contribution in [3.8, 4) is 0 Å². The lowest BCUT2D eigenvalue weighted by molar-refractivity contribution is 0.354. The van der Waals surface area contributed by atoms with Gasteiger partial charge in [-0.25, -0.2) is 0 Å². The van der Waals surface area contributed by atoms with E-state index in [0.717, 1.165) is 0 Å². The Morgan fingerprint density at radius 2 is 2.09 bits per heavy atom. The fraction of sp³-hybridized carbons (Fsp3) is 0.571. The first kappa shape index (κ1) is 9.07. The molecule has 1 aromatic heterocycles. The Balaban J connectivity index is 3.08. The molecule has 1 aromatic rings. The van der Waals surface area contributed by atoms with Crippen molar-refractivity contribution in [3.05, 3.63) is 15.8 Å². The maximum absolute atomic E-state index is 5.81. The number of aromatic nitrogens is 2. The minimum Gasteiger partial charge on any atom is -0.265 e. The number of rotatable bonds is 0. The average Bonchev–Trinajstić information content (AvgIpc) is 2.11. The molecule has 0 amide bonds. The van der Waals surface area contributed by atoms with Crippen LogP contribution in [-0.2, 0) is 5.54 Å². The SMILES string of the molecule is CC(C)(C)n1cc(Cl)c(Br)n1. The van der Waals surface area contributed by atoms with Gasteiger partial charge in [0, 0.05) is 6.20 Å². The fourth-order valence-electron chi connectivity index (χ4n) is 0.675. The maximum atomic E-state index is 5.81. The van der Waals surface area contributed by atoms with Crippen LogP contribution in [0.1, 0.15) is 20.8 Å². The van der Waals surface area contributed by atoms with E-state index < -0.39 is 0 Å². The zero-order valence-electron chi connectivity index (χ0n) is 6.73. The molecule has 2 nitrogen and oxygen atoms in total. The van der Waals surface area contributed by atoms with Gasteiger partial charge in [0.05, 0.1) is 10.6 Å². The lowest BCUT2D eigenvalue weighted by Gasteiger charge is -2.18. The third-order valence-corrected chi connectivity index (χ3v) is 2.41. The van der Waals surface area contributed by atoms with Crippen LogP contribution in [0, 0.1) is 0 Å². The average molecular weight is 238 g/mol. The minimum atomic E-state index is -0.00431. The van der Waals surface area contributed by atoms with Crippen LogP contribution in [0.15, 0.2) is 10.8 Å². The number of halogens is 2. The van der Waals surface area contributed by atoms with Crippen molar-refractivity contribution >= 4 is 27.5 Å². The summed E-state index contributed by atoms with van der Waals surface area (Å²) in [6, 6.07) is 0. The van der Waals surface area contributed by atoms with Crippen LogP contribution < -0.4 is 0 Å². The van der Waals surface area contributed by atoms with Gasteiger partial charge >= 0.3 is 0 Å². The standard InChI is InChI=1S/C7H10BrClN2/c1-7(2,3)11-4-5(9)6(8)10-11/h4H,1-3H3. The molecule has 0 spiro atoms. The summed E-state index contributed by atoms with van der Waals surface area (Å²) in [5.41, 5.74) is -0.00431. The van der Waals surface area contributed by atoms with E-state index in [2.05, 4.69) is 41.8 Å². The van der Waals surface area contributed by atoms with E-state index in [1.165, 1.54) is 0 Å². The van der Waals surface area contributed by atoms with Crippen molar-refractivity contribution in [2.45, 2.75) is 26.3 Å². The van der Waals surface area contributed by atoms with Gasteiger partial charge in [-0.1, -0.05) is 11.6 Å². The van der Waals surface area contributed by atoms with Crippen LogP contribution in [-0.4, -0.2) is 9.78 Å². The van der Waals surface area contributed by atoms with Crippen molar-refractivity contribution in [2.24, 2.45) is 0 Å². The van der Waals surface area contributed by atoms with Gasteiger partial charge < -0.3 is 0 Å². The van der Waals surface area contributed by atoms with Gasteiger partial charge in [0.15, 0.2) is 0 Å². The molecule has 0 bridgehead atoms. The molecule has 0 aromatic carbocycles. The van der Waals surface area contributed by atoms with Crippen molar-refractivity contribution in [1.29, 1.82) is 0 Å². The molecule has 0 saturated carbocycles. The lowest BCUT2D eigenvalue weighted by atomic mass is 10.1. The molecular weight excluding hydrogens is 227 g/mol. The van der Waals surface area contributed by atoms with Gasteiger partial charge in [-0.2, -0.15) is 5.10 Å². The summed E-state index contributed by atoms with van der Waals surface area (Å²) in [7, 11) is 0. The molecule has 0 atom stereocenters. The zero-order chi connectivity index (χ0) is 8.65. The van der Waals surface area contributed by atoms with E-state index in [1.54, 1.807) is 0 Å². The van der Waals surface area contributed by atoms with Crippen LogP contribution in [0.4, 0.5) is 0 Å². The van der Waals surface area contributed by atoms with Crippen molar-refractivity contribution < 1.29 is 0 Å². The van der Waals surface area contributed by atoms with Gasteiger partial charge in [-0.15, -0.1) is 0 Å². The van der Waals surface area contributed by atoms with Crippen LogP contribution in [0.25, 0.3) is 0 Å². The summed E-state index contributed by atoms with van der Waals surface area (Å²) >= 11 is 9.05. The van der Waals surface area contributed by atoms with Gasteiger partial charge in [0.2, 0.25) is 0 Å². The van der Waals surface area contributed by atoms with Crippen LogP contribution >= 0.6 is 27.5 Å². The summed E-state index contributed by atoms with van der Waals surface area (Å²) in [5.74, 6) is 0. The van der Waals surface area contributed by atoms with Crippen LogP contribution in [0.3, 0.4) is 0 Å². The molecule has 0 radical (unpaired) electrons. The molecule has 0 fully saturated rings. The van der Waals surface area contributed by atoms with Gasteiger partial charge in [0.25, 0.3) is 0 Å². The monoisotopic (exact) mass is 236 g/mol. The van der Waals surface area contributed by atoms with Crippen LogP contribution in [0.5, 0.6) is 0 Å². The van der Waals surface area contributed by atoms with E-state index >= 15 is 0 Å². The van der Waals surface area contributed by atoms with Crippen molar-refractivity contribution in [3.63, 3.8) is 0 Å². The molecule has 0 aliphatic rings. The third kappa shape index (κ3) is 1.97. The molecule has 0 aliphatic heterocycles. The molecule has 1 rings (SSSR count). The van der Waals surface area contributed by atoms with Gasteiger partial charge in [-0.05, 0) is 36.7 Å². The second-order valence-electron chi connectivity index (χ2n) is 3.38. The second kappa shape index (κ2) is 2.79. The predicted octanol–water partition coefficient (Wildman–Crippen LogP) is 3.05. The van der Waals surface area contributed by atoms with E-state index in [-0.39, 0.29) is 5.54 Å².